The van der Waals surface area contributed by atoms with Crippen molar-refractivity contribution in [1.29, 1.82) is 0 Å². The summed E-state index contributed by atoms with van der Waals surface area (Å²) in [6.07, 6.45) is 2.15. The molecule has 0 saturated heterocycles. The summed E-state index contributed by atoms with van der Waals surface area (Å²) in [6, 6.07) is 5.29. The second-order valence-corrected chi connectivity index (χ2v) is 4.17. The number of hydrogen-bond acceptors (Lipinski definition) is 4. The third-order valence-electron chi connectivity index (χ3n) is 2.52. The van der Waals surface area contributed by atoms with E-state index in [1.807, 2.05) is 19.1 Å². The maximum atomic E-state index is 10.2. The van der Waals surface area contributed by atoms with Gasteiger partial charge in [0.15, 0.2) is 0 Å². The monoisotopic (exact) mass is 249 g/mol. The molecule has 0 saturated carbocycles. The Morgan fingerprint density at radius 1 is 1.41 bits per heavy atom. The molecule has 0 spiro atoms. The summed E-state index contributed by atoms with van der Waals surface area (Å²) in [5.41, 5.74) is 7.64. The largest absolute Gasteiger partial charge is 0.383 e. The van der Waals surface area contributed by atoms with E-state index in [2.05, 4.69) is 9.97 Å². The van der Waals surface area contributed by atoms with Crippen LogP contribution in [0.25, 0.3) is 0 Å². The molecule has 0 aliphatic carbocycles. The molecule has 4 nitrogen and oxygen atoms in total. The number of aliphatic hydroxyl groups excluding tert-OH is 1. The topological polar surface area (TPSA) is 72.0 Å². The number of aryl methyl sites for hydroxylation is 1. The van der Waals surface area contributed by atoms with Crippen LogP contribution in [0.15, 0.2) is 30.6 Å². The van der Waals surface area contributed by atoms with Crippen molar-refractivity contribution in [3.05, 3.63) is 52.4 Å². The van der Waals surface area contributed by atoms with Gasteiger partial charge in [0.1, 0.15) is 11.9 Å². The normalized spacial score (nSPS) is 12.4. The number of aromatic nitrogens is 2. The Morgan fingerprint density at radius 2 is 2.18 bits per heavy atom. The molecule has 0 amide bonds. The second kappa shape index (κ2) is 4.69. The summed E-state index contributed by atoms with van der Waals surface area (Å²) in [5.74, 6) is 0.256. The highest BCUT2D eigenvalue weighted by Gasteiger charge is 2.17. The molecular weight excluding hydrogens is 238 g/mol. The van der Waals surface area contributed by atoms with Gasteiger partial charge < -0.3 is 10.8 Å². The molecule has 0 bridgehead atoms. The fourth-order valence-corrected chi connectivity index (χ4v) is 1.78. The van der Waals surface area contributed by atoms with Crippen molar-refractivity contribution >= 4 is 17.4 Å². The molecule has 88 valence electrons. The average Bonchev–Trinajstić information content (AvgIpc) is 2.32. The SMILES string of the molecule is Cc1cccnc1C(O)c1cc(Cl)cnc1N. The number of nitrogens with two attached hydrogens (primary N) is 1. The van der Waals surface area contributed by atoms with Crippen molar-refractivity contribution < 1.29 is 5.11 Å². The fraction of sp³-hybridized carbons (Fsp3) is 0.167. The third kappa shape index (κ3) is 2.38. The van der Waals surface area contributed by atoms with E-state index in [0.29, 0.717) is 16.3 Å². The van der Waals surface area contributed by atoms with Gasteiger partial charge in [-0.2, -0.15) is 0 Å². The van der Waals surface area contributed by atoms with E-state index in [4.69, 9.17) is 17.3 Å². The van der Waals surface area contributed by atoms with Crippen LogP contribution in [0.1, 0.15) is 22.9 Å². The third-order valence-corrected chi connectivity index (χ3v) is 2.73. The Bertz CT molecular complexity index is 545. The van der Waals surface area contributed by atoms with Crippen molar-refractivity contribution in [3.63, 3.8) is 0 Å². The minimum absolute atomic E-state index is 0.256. The maximum absolute atomic E-state index is 10.2. The van der Waals surface area contributed by atoms with Gasteiger partial charge in [0.25, 0.3) is 0 Å². The van der Waals surface area contributed by atoms with E-state index in [9.17, 15) is 5.11 Å². The molecule has 2 aromatic heterocycles. The number of nitrogen functional groups attached to an aromatic ring is 1. The van der Waals surface area contributed by atoms with E-state index in [1.165, 1.54) is 6.20 Å². The van der Waals surface area contributed by atoms with Gasteiger partial charge in [0.05, 0.1) is 10.7 Å². The highest BCUT2D eigenvalue weighted by atomic mass is 35.5. The van der Waals surface area contributed by atoms with E-state index in [-0.39, 0.29) is 5.82 Å². The number of anilines is 1. The van der Waals surface area contributed by atoms with Crippen LogP contribution in [0, 0.1) is 6.92 Å². The smallest absolute Gasteiger partial charge is 0.129 e. The first kappa shape index (κ1) is 11.8. The van der Waals surface area contributed by atoms with Crippen molar-refractivity contribution in [3.8, 4) is 0 Å². The molecule has 0 radical (unpaired) electrons. The highest BCUT2D eigenvalue weighted by molar-refractivity contribution is 6.30. The van der Waals surface area contributed by atoms with E-state index < -0.39 is 6.10 Å². The quantitative estimate of drug-likeness (QED) is 0.855. The molecule has 0 aromatic carbocycles. The first-order chi connectivity index (χ1) is 8.09. The van der Waals surface area contributed by atoms with Gasteiger partial charge in [0.2, 0.25) is 0 Å². The van der Waals surface area contributed by atoms with Crippen LogP contribution in [-0.2, 0) is 0 Å². The number of halogens is 1. The predicted molar refractivity (Wildman–Crippen MR) is 66.7 cm³/mol. The Balaban J connectivity index is 2.47. The predicted octanol–water partition coefficient (Wildman–Crippen LogP) is 2.10. The average molecular weight is 250 g/mol. The number of rotatable bonds is 2. The van der Waals surface area contributed by atoms with Crippen molar-refractivity contribution in [2.45, 2.75) is 13.0 Å². The molecule has 2 rings (SSSR count). The van der Waals surface area contributed by atoms with Crippen LogP contribution >= 0.6 is 11.6 Å². The summed E-state index contributed by atoms with van der Waals surface area (Å²) < 4.78 is 0. The first-order valence-electron chi connectivity index (χ1n) is 5.10. The Labute approximate surface area is 104 Å². The molecule has 5 heteroatoms. The highest BCUT2D eigenvalue weighted by Crippen LogP contribution is 2.27. The Hall–Kier alpha value is -1.65. The standard InChI is InChI=1S/C12H12ClN3O/c1-7-3-2-4-15-10(7)11(17)9-5-8(13)6-16-12(9)14/h2-6,11,17H,1H3,(H2,14,16). The Kier molecular flexibility index (Phi) is 3.26. The van der Waals surface area contributed by atoms with Crippen molar-refractivity contribution in [2.24, 2.45) is 0 Å². The fourth-order valence-electron chi connectivity index (χ4n) is 1.62. The molecule has 0 aliphatic rings. The molecule has 0 fully saturated rings. The van der Waals surface area contributed by atoms with Gasteiger partial charge in [-0.25, -0.2) is 4.98 Å². The van der Waals surface area contributed by atoms with Crippen LogP contribution in [0.3, 0.4) is 0 Å². The number of hydrogen-bond donors (Lipinski definition) is 2. The lowest BCUT2D eigenvalue weighted by atomic mass is 10.0. The van der Waals surface area contributed by atoms with Gasteiger partial charge >= 0.3 is 0 Å². The lowest BCUT2D eigenvalue weighted by Gasteiger charge is -2.14. The summed E-state index contributed by atoms with van der Waals surface area (Å²) in [5, 5.41) is 10.7. The van der Waals surface area contributed by atoms with Gasteiger partial charge in [-0.05, 0) is 24.6 Å². The van der Waals surface area contributed by atoms with E-state index >= 15 is 0 Å². The zero-order chi connectivity index (χ0) is 12.4. The number of pyridine rings is 2. The van der Waals surface area contributed by atoms with Gasteiger partial charge in [-0.1, -0.05) is 17.7 Å². The summed E-state index contributed by atoms with van der Waals surface area (Å²) >= 11 is 5.84. The molecule has 0 aliphatic heterocycles. The van der Waals surface area contributed by atoms with Crippen LogP contribution in [0.5, 0.6) is 0 Å². The van der Waals surface area contributed by atoms with Crippen LogP contribution in [0.4, 0.5) is 5.82 Å². The minimum Gasteiger partial charge on any atom is -0.383 e. The molecular formula is C12H12ClN3O. The van der Waals surface area contributed by atoms with Crippen LogP contribution < -0.4 is 5.73 Å². The summed E-state index contributed by atoms with van der Waals surface area (Å²) in [6.45, 7) is 1.87. The van der Waals surface area contributed by atoms with Gasteiger partial charge in [-0.3, -0.25) is 4.98 Å². The second-order valence-electron chi connectivity index (χ2n) is 3.74. The van der Waals surface area contributed by atoms with Crippen LogP contribution in [0.2, 0.25) is 5.02 Å². The van der Waals surface area contributed by atoms with Crippen molar-refractivity contribution in [1.82, 2.24) is 9.97 Å². The molecule has 3 N–H and O–H groups in total. The molecule has 17 heavy (non-hydrogen) atoms. The lowest BCUT2D eigenvalue weighted by molar-refractivity contribution is 0.215. The Morgan fingerprint density at radius 3 is 2.88 bits per heavy atom. The molecule has 2 aromatic rings. The molecule has 1 atom stereocenters. The summed E-state index contributed by atoms with van der Waals surface area (Å²) in [4.78, 5) is 8.06. The molecule has 1 unspecified atom stereocenters. The van der Waals surface area contributed by atoms with E-state index in [1.54, 1.807) is 12.3 Å². The van der Waals surface area contributed by atoms with Crippen LogP contribution in [-0.4, -0.2) is 15.1 Å². The van der Waals surface area contributed by atoms with Crippen molar-refractivity contribution in [2.75, 3.05) is 5.73 Å². The number of aliphatic hydroxyl groups is 1. The van der Waals surface area contributed by atoms with Gasteiger partial charge in [0, 0.05) is 18.0 Å². The molecule has 2 heterocycles. The van der Waals surface area contributed by atoms with Gasteiger partial charge in [-0.15, -0.1) is 0 Å². The lowest BCUT2D eigenvalue weighted by Crippen LogP contribution is -2.08. The minimum atomic E-state index is -0.914. The maximum Gasteiger partial charge on any atom is 0.129 e. The van der Waals surface area contributed by atoms with E-state index in [0.717, 1.165) is 5.56 Å². The zero-order valence-electron chi connectivity index (χ0n) is 9.26. The zero-order valence-corrected chi connectivity index (χ0v) is 10.0. The number of nitrogens with zero attached hydrogens (tertiary/aromatic N) is 2. The first-order valence-corrected chi connectivity index (χ1v) is 5.48. The summed E-state index contributed by atoms with van der Waals surface area (Å²) in [7, 11) is 0.